The molecule has 0 radical (unpaired) electrons. The third-order valence-corrected chi connectivity index (χ3v) is 6.18. The van der Waals surface area contributed by atoms with Crippen molar-refractivity contribution in [3.63, 3.8) is 0 Å². The van der Waals surface area contributed by atoms with Crippen LogP contribution in [0.4, 0.5) is 11.4 Å². The molecule has 7 heteroatoms. The molecule has 0 atom stereocenters. The van der Waals surface area contributed by atoms with E-state index >= 15 is 0 Å². The minimum Gasteiger partial charge on any atom is -0.507 e. The summed E-state index contributed by atoms with van der Waals surface area (Å²) in [6.07, 6.45) is 0. The third-order valence-electron chi connectivity index (χ3n) is 4.49. The highest BCUT2D eigenvalue weighted by Crippen LogP contribution is 2.44. The molecular weight excluding hydrogens is 464 g/mol. The summed E-state index contributed by atoms with van der Waals surface area (Å²) in [6, 6.07) is 19.8. The molecule has 0 saturated heterocycles. The highest BCUT2D eigenvalue weighted by molar-refractivity contribution is 9.10. The lowest BCUT2D eigenvalue weighted by Crippen LogP contribution is -2.14. The predicted octanol–water partition coefficient (Wildman–Crippen LogP) is 5.88. The average molecular weight is 481 g/mol. The van der Waals surface area contributed by atoms with Crippen molar-refractivity contribution in [2.45, 2.75) is 11.8 Å². The van der Waals surface area contributed by atoms with E-state index in [1.54, 1.807) is 6.07 Å². The minimum atomic E-state index is -0.329. The Morgan fingerprint density at radius 3 is 2.50 bits per heavy atom. The van der Waals surface area contributed by atoms with Gasteiger partial charge in [0.05, 0.1) is 21.9 Å². The van der Waals surface area contributed by atoms with E-state index in [2.05, 4.69) is 26.6 Å². The van der Waals surface area contributed by atoms with Crippen molar-refractivity contribution in [3.05, 3.63) is 87.2 Å². The maximum Gasteiger partial charge on any atom is 0.221 e. The van der Waals surface area contributed by atoms with E-state index in [1.165, 1.54) is 30.8 Å². The number of hydrogen-bond donors (Lipinski definition) is 3. The Balaban J connectivity index is 1.83. The molecule has 30 heavy (non-hydrogen) atoms. The van der Waals surface area contributed by atoms with Gasteiger partial charge in [-0.1, -0.05) is 52.0 Å². The van der Waals surface area contributed by atoms with E-state index in [9.17, 15) is 14.7 Å². The number of nitrogens with one attached hydrogen (secondary N) is 2. The standard InChI is InChI=1S/C23H17BrN2O3S/c1-13(27)25-16-10-11-19(28)17(12-16)22(29)23-21(14-6-8-15(24)9-7-14)26-18-4-2-3-5-20(18)30-23/h2-12,26,28H,1H3,(H,25,27). The largest absolute Gasteiger partial charge is 0.507 e. The number of anilines is 2. The molecule has 3 N–H and O–H groups in total. The third kappa shape index (κ3) is 4.13. The van der Waals surface area contributed by atoms with Gasteiger partial charge in [0, 0.05) is 22.0 Å². The monoisotopic (exact) mass is 480 g/mol. The number of ketones is 1. The molecule has 1 amide bonds. The Morgan fingerprint density at radius 2 is 1.77 bits per heavy atom. The van der Waals surface area contributed by atoms with Gasteiger partial charge in [-0.05, 0) is 48.0 Å². The summed E-state index contributed by atoms with van der Waals surface area (Å²) in [5, 5.41) is 16.4. The number of carbonyl (C=O) groups is 2. The molecule has 4 rings (SSSR count). The van der Waals surface area contributed by atoms with Crippen molar-refractivity contribution in [1.82, 2.24) is 0 Å². The second-order valence-electron chi connectivity index (χ2n) is 6.68. The Kier molecular flexibility index (Phi) is 5.65. The number of para-hydroxylation sites is 1. The van der Waals surface area contributed by atoms with E-state index in [-0.39, 0.29) is 23.0 Å². The number of amides is 1. The maximum atomic E-state index is 13.5. The second kappa shape index (κ2) is 8.38. The highest BCUT2D eigenvalue weighted by Gasteiger charge is 2.27. The number of benzene rings is 3. The Morgan fingerprint density at radius 1 is 1.03 bits per heavy atom. The zero-order chi connectivity index (χ0) is 21.3. The van der Waals surface area contributed by atoms with Crippen LogP contribution in [0.2, 0.25) is 0 Å². The van der Waals surface area contributed by atoms with Gasteiger partial charge in [0.1, 0.15) is 5.75 Å². The molecule has 0 aliphatic carbocycles. The van der Waals surface area contributed by atoms with E-state index in [0.717, 1.165) is 20.6 Å². The fraction of sp³-hybridized carbons (Fsp3) is 0.0435. The Bertz CT molecular complexity index is 1190. The Hall–Kier alpha value is -3.03. The van der Waals surface area contributed by atoms with Gasteiger partial charge in [0.2, 0.25) is 11.7 Å². The first-order chi connectivity index (χ1) is 14.4. The molecule has 150 valence electrons. The number of hydrogen-bond acceptors (Lipinski definition) is 5. The zero-order valence-corrected chi connectivity index (χ0v) is 18.3. The minimum absolute atomic E-state index is 0.125. The van der Waals surface area contributed by atoms with E-state index in [4.69, 9.17) is 0 Å². The summed E-state index contributed by atoms with van der Waals surface area (Å²) in [6.45, 7) is 1.39. The number of phenolic OH excluding ortho intramolecular Hbond substituents is 1. The number of halogens is 1. The van der Waals surface area contributed by atoms with Gasteiger partial charge in [-0.3, -0.25) is 9.59 Å². The van der Waals surface area contributed by atoms with Crippen molar-refractivity contribution in [2.75, 3.05) is 10.6 Å². The lowest BCUT2D eigenvalue weighted by Gasteiger charge is -2.24. The molecule has 0 spiro atoms. The number of thioether (sulfide) groups is 1. The summed E-state index contributed by atoms with van der Waals surface area (Å²) in [5.41, 5.74) is 3.00. The van der Waals surface area contributed by atoms with Crippen LogP contribution in [0, 0.1) is 0 Å². The number of rotatable bonds is 4. The van der Waals surface area contributed by atoms with Gasteiger partial charge in [-0.25, -0.2) is 0 Å². The molecule has 1 heterocycles. The zero-order valence-electron chi connectivity index (χ0n) is 15.9. The first-order valence-corrected chi connectivity index (χ1v) is 10.7. The van der Waals surface area contributed by atoms with Crippen LogP contribution in [-0.4, -0.2) is 16.8 Å². The quantitative estimate of drug-likeness (QED) is 0.320. The first-order valence-electron chi connectivity index (χ1n) is 9.12. The van der Waals surface area contributed by atoms with Crippen LogP contribution in [0.15, 0.2) is 81.0 Å². The second-order valence-corrected chi connectivity index (χ2v) is 8.64. The van der Waals surface area contributed by atoms with Gasteiger partial charge < -0.3 is 15.7 Å². The number of allylic oxidation sites excluding steroid dienone is 1. The lowest BCUT2D eigenvalue weighted by atomic mass is 10.0. The van der Waals surface area contributed by atoms with Crippen LogP contribution >= 0.6 is 27.7 Å². The summed E-state index contributed by atoms with van der Waals surface area (Å²) < 4.78 is 0.934. The fourth-order valence-corrected chi connectivity index (χ4v) is 4.45. The van der Waals surface area contributed by atoms with Crippen LogP contribution in [0.25, 0.3) is 5.70 Å². The average Bonchev–Trinajstić information content (AvgIpc) is 2.74. The number of fused-ring (bicyclic) bond motifs is 1. The van der Waals surface area contributed by atoms with Crippen molar-refractivity contribution >= 4 is 56.5 Å². The van der Waals surface area contributed by atoms with Gasteiger partial charge in [-0.2, -0.15) is 0 Å². The molecule has 0 saturated carbocycles. The SMILES string of the molecule is CC(=O)Nc1ccc(O)c(C(=O)C2=C(c3ccc(Br)cc3)Nc3ccccc3S2)c1. The smallest absolute Gasteiger partial charge is 0.221 e. The van der Waals surface area contributed by atoms with Gasteiger partial charge in [0.25, 0.3) is 0 Å². The molecule has 1 aliphatic rings. The molecule has 3 aromatic carbocycles. The molecule has 3 aromatic rings. The van der Waals surface area contributed by atoms with Crippen molar-refractivity contribution in [3.8, 4) is 5.75 Å². The maximum absolute atomic E-state index is 13.5. The van der Waals surface area contributed by atoms with Crippen molar-refractivity contribution in [1.29, 1.82) is 0 Å². The predicted molar refractivity (Wildman–Crippen MR) is 124 cm³/mol. The lowest BCUT2D eigenvalue weighted by molar-refractivity contribution is -0.114. The molecule has 0 bridgehead atoms. The molecule has 0 fully saturated rings. The molecule has 1 aliphatic heterocycles. The molecule has 0 aromatic heterocycles. The van der Waals surface area contributed by atoms with Gasteiger partial charge in [0.15, 0.2) is 0 Å². The summed E-state index contributed by atoms with van der Waals surface area (Å²) in [4.78, 5) is 26.3. The van der Waals surface area contributed by atoms with E-state index < -0.39 is 0 Å². The summed E-state index contributed by atoms with van der Waals surface area (Å²) >= 11 is 4.79. The van der Waals surface area contributed by atoms with Crippen LogP contribution in [-0.2, 0) is 4.79 Å². The molecular formula is C23H17BrN2O3S. The molecule has 5 nitrogen and oxygen atoms in total. The normalized spacial score (nSPS) is 12.7. The van der Waals surface area contributed by atoms with Crippen LogP contribution < -0.4 is 10.6 Å². The van der Waals surface area contributed by atoms with Gasteiger partial charge in [-0.15, -0.1) is 0 Å². The molecule has 0 unspecified atom stereocenters. The van der Waals surface area contributed by atoms with E-state index in [1.807, 2.05) is 48.5 Å². The number of Topliss-reactive ketones (excluding diaryl/α,β-unsaturated/α-hetero) is 1. The first kappa shape index (κ1) is 20.3. The van der Waals surface area contributed by atoms with Gasteiger partial charge >= 0.3 is 0 Å². The number of aromatic hydroxyl groups is 1. The van der Waals surface area contributed by atoms with Crippen molar-refractivity contribution in [2.24, 2.45) is 0 Å². The highest BCUT2D eigenvalue weighted by atomic mass is 79.9. The van der Waals surface area contributed by atoms with E-state index in [0.29, 0.717) is 16.3 Å². The number of phenols is 1. The van der Waals surface area contributed by atoms with Crippen molar-refractivity contribution < 1.29 is 14.7 Å². The van der Waals surface area contributed by atoms with Crippen LogP contribution in [0.5, 0.6) is 5.75 Å². The fourth-order valence-electron chi connectivity index (χ4n) is 3.11. The Labute approximate surface area is 186 Å². The summed E-state index contributed by atoms with van der Waals surface area (Å²) in [5.74, 6) is -0.725. The summed E-state index contributed by atoms with van der Waals surface area (Å²) in [7, 11) is 0. The topological polar surface area (TPSA) is 78.4 Å². The van der Waals surface area contributed by atoms with Crippen LogP contribution in [0.3, 0.4) is 0 Å². The number of carbonyl (C=O) groups excluding carboxylic acids is 2. The van der Waals surface area contributed by atoms with Crippen LogP contribution in [0.1, 0.15) is 22.8 Å².